The van der Waals surface area contributed by atoms with Gasteiger partial charge in [0.25, 0.3) is 17.0 Å². The molecule has 1 aliphatic carbocycles. The van der Waals surface area contributed by atoms with E-state index in [9.17, 15) is 4.79 Å². The first-order valence-corrected chi connectivity index (χ1v) is 12.0. The van der Waals surface area contributed by atoms with Crippen LogP contribution >= 0.6 is 23.1 Å². The van der Waals surface area contributed by atoms with Crippen molar-refractivity contribution in [1.29, 1.82) is 0 Å². The van der Waals surface area contributed by atoms with Crippen LogP contribution in [0.3, 0.4) is 0 Å². The summed E-state index contributed by atoms with van der Waals surface area (Å²) in [7, 11) is 0. The van der Waals surface area contributed by atoms with E-state index in [0.29, 0.717) is 17.7 Å². The number of aryl methyl sites for hydroxylation is 1. The molecule has 2 aliphatic rings. The molecule has 6 nitrogen and oxygen atoms in total. The van der Waals surface area contributed by atoms with Crippen LogP contribution < -0.4 is 0 Å². The maximum absolute atomic E-state index is 12.5. The number of thiophene rings is 1. The minimum absolute atomic E-state index is 0.0498. The number of rotatable bonds is 5. The molecule has 1 aromatic carbocycles. The molecule has 30 heavy (non-hydrogen) atoms. The molecular weight excluding hydrogens is 416 g/mol. The lowest BCUT2D eigenvalue weighted by molar-refractivity contribution is -0.127. The van der Waals surface area contributed by atoms with E-state index in [2.05, 4.69) is 28.3 Å². The summed E-state index contributed by atoms with van der Waals surface area (Å²) in [5.41, 5.74) is 3.43. The lowest BCUT2D eigenvalue weighted by Crippen LogP contribution is -2.25. The van der Waals surface area contributed by atoms with E-state index in [4.69, 9.17) is 4.42 Å². The normalized spacial score (nSPS) is 18.4. The third-order valence-corrected chi connectivity index (χ3v) is 7.49. The number of aromatic nitrogens is 2. The third kappa shape index (κ3) is 4.06. The first-order chi connectivity index (χ1) is 14.7. The minimum Gasteiger partial charge on any atom is -0.410 e. The molecule has 3 aromatic rings. The number of fused-ring (bicyclic) bond motifs is 1. The van der Waals surface area contributed by atoms with Gasteiger partial charge in [0.1, 0.15) is 0 Å². The number of carbonyl (C=O) groups excluding carboxylic acids is 1. The molecule has 1 unspecified atom stereocenters. The highest BCUT2D eigenvalue weighted by Gasteiger charge is 2.23. The van der Waals surface area contributed by atoms with Crippen molar-refractivity contribution in [3.8, 4) is 10.8 Å². The van der Waals surface area contributed by atoms with E-state index in [1.807, 2.05) is 30.3 Å². The molecule has 2 aromatic heterocycles. The number of carbonyl (C=O) groups is 1. The second-order valence-corrected chi connectivity index (χ2v) is 9.81. The lowest BCUT2D eigenvalue weighted by Gasteiger charge is -2.16. The molecule has 0 saturated heterocycles. The average Bonchev–Trinajstić information content (AvgIpc) is 3.51. The van der Waals surface area contributed by atoms with Crippen LogP contribution in [0.25, 0.3) is 10.8 Å². The summed E-state index contributed by atoms with van der Waals surface area (Å²) < 4.78 is 5.82. The number of amides is 1. The summed E-state index contributed by atoms with van der Waals surface area (Å²) in [6.45, 7) is 2.91. The highest BCUT2D eigenvalue weighted by molar-refractivity contribution is 7.99. The molecule has 154 valence electrons. The molecule has 0 spiro atoms. The molecule has 1 aliphatic heterocycles. The SMILES string of the molecule is CC1CCc2sc(-c3nnc(SCC(=O)N4CCC(c5ccccc5)=N4)o3)cc2C1. The molecule has 0 N–H and O–H groups in total. The zero-order valence-electron chi connectivity index (χ0n) is 16.7. The van der Waals surface area contributed by atoms with E-state index in [1.165, 1.54) is 28.6 Å². The number of hydrazone groups is 1. The van der Waals surface area contributed by atoms with Gasteiger partial charge in [-0.3, -0.25) is 4.79 Å². The Bertz CT molecular complexity index is 1090. The van der Waals surface area contributed by atoms with Crippen LogP contribution in [0.2, 0.25) is 0 Å². The number of benzene rings is 1. The second-order valence-electron chi connectivity index (χ2n) is 7.75. The fourth-order valence-corrected chi connectivity index (χ4v) is 5.61. The van der Waals surface area contributed by atoms with Crippen LogP contribution in [-0.2, 0) is 17.6 Å². The standard InChI is InChI=1S/C22H22N4O2S2/c1-14-7-8-18-16(11-14)12-19(30-18)21-23-24-22(28-21)29-13-20(27)26-10-9-17(25-26)15-5-3-2-4-6-15/h2-6,12,14H,7-11,13H2,1H3. The highest BCUT2D eigenvalue weighted by atomic mass is 32.2. The maximum atomic E-state index is 12.5. The molecule has 1 amide bonds. The molecule has 0 saturated carbocycles. The molecule has 0 fully saturated rings. The smallest absolute Gasteiger partial charge is 0.277 e. The molecular formula is C22H22N4O2S2. The number of hydrogen-bond donors (Lipinski definition) is 0. The Hall–Kier alpha value is -2.45. The van der Waals surface area contributed by atoms with Crippen LogP contribution in [0.5, 0.6) is 0 Å². The van der Waals surface area contributed by atoms with E-state index in [0.717, 1.165) is 41.3 Å². The summed E-state index contributed by atoms with van der Waals surface area (Å²) in [5, 5.41) is 14.8. The van der Waals surface area contributed by atoms with Crippen molar-refractivity contribution < 1.29 is 9.21 Å². The third-order valence-electron chi connectivity index (χ3n) is 5.46. The van der Waals surface area contributed by atoms with Gasteiger partial charge in [0.15, 0.2) is 0 Å². The maximum Gasteiger partial charge on any atom is 0.277 e. The van der Waals surface area contributed by atoms with Gasteiger partial charge in [0.2, 0.25) is 0 Å². The van der Waals surface area contributed by atoms with Gasteiger partial charge in [-0.1, -0.05) is 49.0 Å². The van der Waals surface area contributed by atoms with Crippen molar-refractivity contribution in [2.45, 2.75) is 37.8 Å². The molecule has 5 rings (SSSR count). The van der Waals surface area contributed by atoms with E-state index in [-0.39, 0.29) is 11.7 Å². The van der Waals surface area contributed by atoms with Gasteiger partial charge in [-0.2, -0.15) is 5.10 Å². The summed E-state index contributed by atoms with van der Waals surface area (Å²) in [4.78, 5) is 15.0. The van der Waals surface area contributed by atoms with Crippen LogP contribution in [-0.4, -0.2) is 39.1 Å². The summed E-state index contributed by atoms with van der Waals surface area (Å²) >= 11 is 3.02. The molecule has 0 radical (unpaired) electrons. The fourth-order valence-electron chi connectivity index (χ4n) is 3.85. The van der Waals surface area contributed by atoms with Gasteiger partial charge in [0.05, 0.1) is 22.9 Å². The van der Waals surface area contributed by atoms with Crippen molar-refractivity contribution in [3.05, 3.63) is 52.4 Å². The fraction of sp³-hybridized carbons (Fsp3) is 0.364. The van der Waals surface area contributed by atoms with Gasteiger partial charge in [-0.25, -0.2) is 5.01 Å². The predicted octanol–water partition coefficient (Wildman–Crippen LogP) is 4.65. The van der Waals surface area contributed by atoms with E-state index in [1.54, 1.807) is 16.3 Å². The zero-order valence-corrected chi connectivity index (χ0v) is 18.3. The van der Waals surface area contributed by atoms with Gasteiger partial charge in [-0.15, -0.1) is 21.5 Å². The lowest BCUT2D eigenvalue weighted by atomic mass is 9.90. The van der Waals surface area contributed by atoms with Crippen LogP contribution in [0.15, 0.2) is 51.1 Å². The average molecular weight is 439 g/mol. The molecule has 0 bridgehead atoms. The Labute approximate surface area is 183 Å². The number of hydrogen-bond acceptors (Lipinski definition) is 7. The molecule has 8 heteroatoms. The van der Waals surface area contributed by atoms with Crippen LogP contribution in [0.4, 0.5) is 0 Å². The zero-order chi connectivity index (χ0) is 20.5. The Balaban J connectivity index is 1.20. The monoisotopic (exact) mass is 438 g/mol. The molecule has 3 heterocycles. The summed E-state index contributed by atoms with van der Waals surface area (Å²) in [5.74, 6) is 1.45. The van der Waals surface area contributed by atoms with Crippen molar-refractivity contribution >= 4 is 34.7 Å². The largest absolute Gasteiger partial charge is 0.410 e. The minimum atomic E-state index is -0.0498. The van der Waals surface area contributed by atoms with Gasteiger partial charge < -0.3 is 4.42 Å². The summed E-state index contributed by atoms with van der Waals surface area (Å²) in [6.07, 6.45) is 4.27. The summed E-state index contributed by atoms with van der Waals surface area (Å²) in [6, 6.07) is 12.2. The quantitative estimate of drug-likeness (QED) is 0.542. The van der Waals surface area contributed by atoms with Gasteiger partial charge in [0, 0.05) is 11.3 Å². The Morgan fingerprint density at radius 2 is 2.13 bits per heavy atom. The van der Waals surface area contributed by atoms with E-state index < -0.39 is 0 Å². The Morgan fingerprint density at radius 3 is 3.00 bits per heavy atom. The van der Waals surface area contributed by atoms with Crippen LogP contribution in [0, 0.1) is 5.92 Å². The first-order valence-electron chi connectivity index (χ1n) is 10.2. The van der Waals surface area contributed by atoms with Crippen molar-refractivity contribution in [2.24, 2.45) is 11.0 Å². The molecule has 1 atom stereocenters. The predicted molar refractivity (Wildman–Crippen MR) is 119 cm³/mol. The van der Waals surface area contributed by atoms with E-state index >= 15 is 0 Å². The van der Waals surface area contributed by atoms with Gasteiger partial charge in [-0.05, 0) is 42.4 Å². The first kappa shape index (κ1) is 19.5. The van der Waals surface area contributed by atoms with Crippen molar-refractivity contribution in [2.75, 3.05) is 12.3 Å². The van der Waals surface area contributed by atoms with Crippen molar-refractivity contribution in [3.63, 3.8) is 0 Å². The Kier molecular flexibility index (Phi) is 5.43. The topological polar surface area (TPSA) is 71.6 Å². The van der Waals surface area contributed by atoms with Gasteiger partial charge >= 0.3 is 0 Å². The Morgan fingerprint density at radius 1 is 1.27 bits per heavy atom. The number of thioether (sulfide) groups is 1. The van der Waals surface area contributed by atoms with Crippen molar-refractivity contribution in [1.82, 2.24) is 15.2 Å². The second kappa shape index (κ2) is 8.35. The van der Waals surface area contributed by atoms with Crippen LogP contribution in [0.1, 0.15) is 35.8 Å². The highest BCUT2D eigenvalue weighted by Crippen LogP contribution is 2.37. The number of nitrogens with zero attached hydrogens (tertiary/aromatic N) is 4.